The first-order valence-electron chi connectivity index (χ1n) is 5.21. The maximum Gasteiger partial charge on any atom is 0.191 e. The second-order valence-electron chi connectivity index (χ2n) is 3.67. The highest BCUT2D eigenvalue weighted by atomic mass is 16.5. The molecule has 0 atom stereocenters. The van der Waals surface area contributed by atoms with Crippen molar-refractivity contribution < 1.29 is 4.52 Å². The summed E-state index contributed by atoms with van der Waals surface area (Å²) in [6, 6.07) is 0. The van der Waals surface area contributed by atoms with Crippen LogP contribution in [0.5, 0.6) is 0 Å². The monoisotopic (exact) mass is 208 g/mol. The summed E-state index contributed by atoms with van der Waals surface area (Å²) in [5.74, 6) is 1.75. The predicted octanol–water partition coefficient (Wildman–Crippen LogP) is 0.730. The molecule has 0 spiro atoms. The molecule has 1 aromatic heterocycles. The fourth-order valence-electron chi connectivity index (χ4n) is 1.58. The molecule has 1 aliphatic rings. The number of guanidine groups is 1. The van der Waals surface area contributed by atoms with Crippen LogP contribution in [0.25, 0.3) is 0 Å². The minimum atomic E-state index is 0.715. The normalized spacial score (nSPS) is 15.7. The van der Waals surface area contributed by atoms with Gasteiger partial charge in [0, 0.05) is 25.2 Å². The molecular weight excluding hydrogens is 192 g/mol. The number of rotatable bonds is 2. The summed E-state index contributed by atoms with van der Waals surface area (Å²) in [4.78, 5) is 4.33. The maximum absolute atomic E-state index is 5.08. The van der Waals surface area contributed by atoms with E-state index < -0.39 is 0 Å². The quantitative estimate of drug-likeness (QED) is 0.752. The van der Waals surface area contributed by atoms with Crippen LogP contribution in [0.2, 0.25) is 0 Å². The van der Waals surface area contributed by atoms with Gasteiger partial charge in [0.25, 0.3) is 0 Å². The van der Waals surface area contributed by atoms with Gasteiger partial charge in [-0.05, 0) is 20.3 Å². The van der Waals surface area contributed by atoms with Crippen LogP contribution in [0.3, 0.4) is 0 Å². The van der Waals surface area contributed by atoms with Gasteiger partial charge in [0.1, 0.15) is 5.76 Å². The number of aliphatic imine (C=N–C) groups is 1. The van der Waals surface area contributed by atoms with Gasteiger partial charge in [-0.2, -0.15) is 0 Å². The highest BCUT2D eigenvalue weighted by Crippen LogP contribution is 2.11. The highest BCUT2D eigenvalue weighted by molar-refractivity contribution is 5.80. The van der Waals surface area contributed by atoms with Gasteiger partial charge < -0.3 is 15.2 Å². The lowest BCUT2D eigenvalue weighted by molar-refractivity contribution is 0.392. The summed E-state index contributed by atoms with van der Waals surface area (Å²) in [7, 11) is 0. The first-order valence-corrected chi connectivity index (χ1v) is 5.21. The second-order valence-corrected chi connectivity index (χ2v) is 3.67. The molecule has 0 unspecified atom stereocenters. The lowest BCUT2D eigenvalue weighted by Gasteiger charge is -2.15. The molecule has 0 fully saturated rings. The van der Waals surface area contributed by atoms with E-state index in [0.717, 1.165) is 42.5 Å². The van der Waals surface area contributed by atoms with Crippen LogP contribution in [-0.2, 0) is 6.54 Å². The van der Waals surface area contributed by atoms with Gasteiger partial charge in [-0.3, -0.25) is 4.99 Å². The molecule has 1 aromatic rings. The number of nitrogens with zero attached hydrogens (tertiary/aromatic N) is 2. The van der Waals surface area contributed by atoms with Crippen LogP contribution in [0.1, 0.15) is 23.4 Å². The molecule has 0 bridgehead atoms. The molecule has 2 N–H and O–H groups in total. The first-order chi connectivity index (χ1) is 7.27. The Morgan fingerprint density at radius 1 is 1.47 bits per heavy atom. The van der Waals surface area contributed by atoms with Crippen molar-refractivity contribution in [1.29, 1.82) is 0 Å². The Morgan fingerprint density at radius 3 is 2.93 bits per heavy atom. The van der Waals surface area contributed by atoms with Gasteiger partial charge in [0.2, 0.25) is 0 Å². The maximum atomic E-state index is 5.08. The van der Waals surface area contributed by atoms with E-state index in [-0.39, 0.29) is 0 Å². The van der Waals surface area contributed by atoms with E-state index in [9.17, 15) is 0 Å². The third-order valence-electron chi connectivity index (χ3n) is 2.51. The summed E-state index contributed by atoms with van der Waals surface area (Å²) >= 11 is 0. The molecule has 0 aliphatic carbocycles. The zero-order valence-corrected chi connectivity index (χ0v) is 9.13. The Labute approximate surface area is 88.9 Å². The molecule has 0 saturated heterocycles. The molecule has 2 heterocycles. The standard InChI is InChI=1S/C10H16N4O/c1-7-9(8(2)15-14-7)6-13-10-11-4-3-5-12-10/h3-6H2,1-2H3,(H2,11,12,13). The average molecular weight is 208 g/mol. The topological polar surface area (TPSA) is 62.5 Å². The Kier molecular flexibility index (Phi) is 2.89. The Balaban J connectivity index is 1.95. The molecule has 82 valence electrons. The van der Waals surface area contributed by atoms with E-state index in [2.05, 4.69) is 20.8 Å². The summed E-state index contributed by atoms with van der Waals surface area (Å²) in [6.07, 6.45) is 1.11. The summed E-state index contributed by atoms with van der Waals surface area (Å²) in [5.41, 5.74) is 2.06. The first kappa shape index (κ1) is 10.0. The van der Waals surface area contributed by atoms with E-state index in [1.54, 1.807) is 0 Å². The van der Waals surface area contributed by atoms with Gasteiger partial charge in [-0.1, -0.05) is 5.16 Å². The third-order valence-corrected chi connectivity index (χ3v) is 2.51. The van der Waals surface area contributed by atoms with E-state index in [1.165, 1.54) is 0 Å². The zero-order valence-electron chi connectivity index (χ0n) is 9.13. The molecule has 0 saturated carbocycles. The fraction of sp³-hybridized carbons (Fsp3) is 0.600. The van der Waals surface area contributed by atoms with Gasteiger partial charge in [0.15, 0.2) is 5.96 Å². The SMILES string of the molecule is Cc1noc(C)c1CNC1=NCCCN1. The average Bonchev–Trinajstić information content (AvgIpc) is 2.58. The van der Waals surface area contributed by atoms with Gasteiger partial charge in [-0.15, -0.1) is 0 Å². The minimum Gasteiger partial charge on any atom is -0.361 e. The van der Waals surface area contributed by atoms with Gasteiger partial charge in [-0.25, -0.2) is 0 Å². The van der Waals surface area contributed by atoms with E-state index in [4.69, 9.17) is 4.52 Å². The van der Waals surface area contributed by atoms with Gasteiger partial charge in [0.05, 0.1) is 5.69 Å². The molecule has 5 heteroatoms. The Bertz CT molecular complexity index is 350. The predicted molar refractivity (Wildman–Crippen MR) is 57.7 cm³/mol. The summed E-state index contributed by atoms with van der Waals surface area (Å²) < 4.78 is 5.08. The molecular formula is C10H16N4O. The summed E-state index contributed by atoms with van der Waals surface area (Å²) in [6.45, 7) is 6.48. The molecule has 1 aliphatic heterocycles. The number of aromatic nitrogens is 1. The van der Waals surface area contributed by atoms with Crippen molar-refractivity contribution in [3.8, 4) is 0 Å². The molecule has 15 heavy (non-hydrogen) atoms. The van der Waals surface area contributed by atoms with Crippen LogP contribution in [0.15, 0.2) is 9.52 Å². The van der Waals surface area contributed by atoms with Crippen LogP contribution >= 0.6 is 0 Å². The molecule has 5 nitrogen and oxygen atoms in total. The number of hydrogen-bond acceptors (Lipinski definition) is 5. The third kappa shape index (κ3) is 2.29. The zero-order chi connectivity index (χ0) is 10.7. The summed E-state index contributed by atoms with van der Waals surface area (Å²) in [5, 5.41) is 10.4. The van der Waals surface area contributed by atoms with Crippen molar-refractivity contribution >= 4 is 5.96 Å². The van der Waals surface area contributed by atoms with E-state index >= 15 is 0 Å². The lowest BCUT2D eigenvalue weighted by atomic mass is 10.2. The fourth-order valence-corrected chi connectivity index (χ4v) is 1.58. The van der Waals surface area contributed by atoms with E-state index in [0.29, 0.717) is 6.54 Å². The smallest absolute Gasteiger partial charge is 0.191 e. The molecule has 0 radical (unpaired) electrons. The minimum absolute atomic E-state index is 0.715. The van der Waals surface area contributed by atoms with Crippen molar-refractivity contribution in [3.05, 3.63) is 17.0 Å². The van der Waals surface area contributed by atoms with Crippen molar-refractivity contribution in [2.45, 2.75) is 26.8 Å². The molecule has 2 rings (SSSR count). The van der Waals surface area contributed by atoms with Crippen LogP contribution in [-0.4, -0.2) is 24.2 Å². The van der Waals surface area contributed by atoms with Crippen LogP contribution in [0.4, 0.5) is 0 Å². The van der Waals surface area contributed by atoms with E-state index in [1.807, 2.05) is 13.8 Å². The van der Waals surface area contributed by atoms with Crippen LogP contribution in [0, 0.1) is 13.8 Å². The number of aryl methyl sites for hydroxylation is 2. The van der Waals surface area contributed by atoms with Crippen molar-refractivity contribution in [2.75, 3.05) is 13.1 Å². The largest absolute Gasteiger partial charge is 0.361 e. The highest BCUT2D eigenvalue weighted by Gasteiger charge is 2.10. The Morgan fingerprint density at radius 2 is 2.33 bits per heavy atom. The van der Waals surface area contributed by atoms with Crippen molar-refractivity contribution in [3.63, 3.8) is 0 Å². The van der Waals surface area contributed by atoms with Crippen molar-refractivity contribution in [1.82, 2.24) is 15.8 Å². The second kappa shape index (κ2) is 4.33. The lowest BCUT2D eigenvalue weighted by Crippen LogP contribution is -2.40. The Hall–Kier alpha value is -1.52. The molecule has 0 aromatic carbocycles. The number of nitrogens with one attached hydrogen (secondary N) is 2. The van der Waals surface area contributed by atoms with Gasteiger partial charge >= 0.3 is 0 Å². The van der Waals surface area contributed by atoms with Crippen molar-refractivity contribution in [2.24, 2.45) is 4.99 Å². The molecule has 0 amide bonds. The number of hydrogen-bond donors (Lipinski definition) is 2. The van der Waals surface area contributed by atoms with Crippen LogP contribution < -0.4 is 10.6 Å².